The van der Waals surface area contributed by atoms with Gasteiger partial charge in [-0.25, -0.2) is 4.39 Å². The van der Waals surface area contributed by atoms with E-state index < -0.39 is 0 Å². The van der Waals surface area contributed by atoms with Crippen molar-refractivity contribution < 1.29 is 9.13 Å². The maximum Gasteiger partial charge on any atom is 0.123 e. The summed E-state index contributed by atoms with van der Waals surface area (Å²) in [5.74, 6) is 0.284. The summed E-state index contributed by atoms with van der Waals surface area (Å²) in [4.78, 5) is 0. The van der Waals surface area contributed by atoms with Crippen LogP contribution < -0.4 is 5.32 Å². The van der Waals surface area contributed by atoms with Crippen LogP contribution in [0.25, 0.3) is 0 Å². The normalized spacial score (nSPS) is 22.4. The van der Waals surface area contributed by atoms with Crippen molar-refractivity contribution in [2.75, 3.05) is 20.3 Å². The largest absolute Gasteiger partial charge is 0.381 e. The lowest BCUT2D eigenvalue weighted by Crippen LogP contribution is -2.31. The van der Waals surface area contributed by atoms with Gasteiger partial charge in [0.25, 0.3) is 0 Å². The van der Waals surface area contributed by atoms with Crippen molar-refractivity contribution in [3.8, 4) is 0 Å². The van der Waals surface area contributed by atoms with Crippen molar-refractivity contribution in [2.45, 2.75) is 25.8 Å². The Hall–Kier alpha value is -0.930. The molecule has 1 fully saturated rings. The van der Waals surface area contributed by atoms with Crippen LogP contribution in [-0.4, -0.2) is 20.3 Å². The van der Waals surface area contributed by atoms with Crippen molar-refractivity contribution in [1.82, 2.24) is 5.32 Å². The average molecular weight is 237 g/mol. The van der Waals surface area contributed by atoms with Gasteiger partial charge in [-0.3, -0.25) is 0 Å². The Morgan fingerprint density at radius 3 is 2.82 bits per heavy atom. The van der Waals surface area contributed by atoms with Crippen molar-refractivity contribution in [2.24, 2.45) is 5.92 Å². The van der Waals surface area contributed by atoms with Crippen molar-refractivity contribution in [1.29, 1.82) is 0 Å². The van der Waals surface area contributed by atoms with E-state index in [9.17, 15) is 4.39 Å². The molecule has 3 heteroatoms. The van der Waals surface area contributed by atoms with Crippen LogP contribution in [-0.2, 0) is 4.74 Å². The molecular weight excluding hydrogens is 217 g/mol. The molecule has 2 rings (SSSR count). The Morgan fingerprint density at radius 2 is 2.24 bits per heavy atom. The molecule has 1 saturated heterocycles. The number of benzene rings is 1. The molecule has 2 nitrogen and oxygen atoms in total. The summed E-state index contributed by atoms with van der Waals surface area (Å²) in [6.07, 6.45) is 2.23. The van der Waals surface area contributed by atoms with Crippen LogP contribution in [0.15, 0.2) is 18.2 Å². The minimum Gasteiger partial charge on any atom is -0.381 e. The van der Waals surface area contributed by atoms with Gasteiger partial charge >= 0.3 is 0 Å². The van der Waals surface area contributed by atoms with E-state index in [2.05, 4.69) is 11.4 Å². The second-order valence-corrected chi connectivity index (χ2v) is 4.81. The van der Waals surface area contributed by atoms with Gasteiger partial charge in [0.2, 0.25) is 0 Å². The molecule has 1 aliphatic heterocycles. The molecule has 0 spiro atoms. The van der Waals surface area contributed by atoms with Gasteiger partial charge < -0.3 is 10.1 Å². The third-order valence-corrected chi connectivity index (χ3v) is 3.40. The fraction of sp³-hybridized carbons (Fsp3) is 0.571. The Kier molecular flexibility index (Phi) is 4.13. The minimum absolute atomic E-state index is 0.156. The Labute approximate surface area is 102 Å². The Balaban J connectivity index is 2.21. The smallest absolute Gasteiger partial charge is 0.123 e. The zero-order valence-electron chi connectivity index (χ0n) is 10.5. The summed E-state index contributed by atoms with van der Waals surface area (Å²) >= 11 is 0. The molecule has 0 amide bonds. The van der Waals surface area contributed by atoms with Crippen LogP contribution in [0.4, 0.5) is 4.39 Å². The standard InChI is InChI=1S/C14H20FNO/c1-10-6-12(8-13(15)7-10)14(16-2)11-4-3-5-17-9-11/h6-8,11,14,16H,3-5,9H2,1-2H3. The van der Waals surface area contributed by atoms with Crippen LogP contribution in [0.3, 0.4) is 0 Å². The highest BCUT2D eigenvalue weighted by molar-refractivity contribution is 5.26. The Bertz CT molecular complexity index is 354. The van der Waals surface area contributed by atoms with E-state index in [-0.39, 0.29) is 11.9 Å². The van der Waals surface area contributed by atoms with Crippen LogP contribution in [0.1, 0.15) is 30.0 Å². The van der Waals surface area contributed by atoms with Crippen molar-refractivity contribution in [3.63, 3.8) is 0 Å². The number of rotatable bonds is 3. The highest BCUT2D eigenvalue weighted by atomic mass is 19.1. The molecule has 0 radical (unpaired) electrons. The highest BCUT2D eigenvalue weighted by Gasteiger charge is 2.24. The third-order valence-electron chi connectivity index (χ3n) is 3.40. The molecule has 0 aliphatic carbocycles. The van der Waals surface area contributed by atoms with Crippen molar-refractivity contribution in [3.05, 3.63) is 35.1 Å². The molecule has 1 heterocycles. The van der Waals surface area contributed by atoms with E-state index >= 15 is 0 Å². The second-order valence-electron chi connectivity index (χ2n) is 4.81. The van der Waals surface area contributed by atoms with E-state index in [1.54, 1.807) is 12.1 Å². The van der Waals surface area contributed by atoms with E-state index in [0.29, 0.717) is 5.92 Å². The van der Waals surface area contributed by atoms with Crippen LogP contribution in [0.2, 0.25) is 0 Å². The molecule has 1 aromatic rings. The molecule has 2 unspecified atom stereocenters. The topological polar surface area (TPSA) is 21.3 Å². The lowest BCUT2D eigenvalue weighted by molar-refractivity contribution is 0.0401. The average Bonchev–Trinajstić information content (AvgIpc) is 2.30. The predicted octanol–water partition coefficient (Wildman–Crippen LogP) is 2.82. The molecule has 0 aromatic heterocycles. The summed E-state index contributed by atoms with van der Waals surface area (Å²) in [7, 11) is 1.93. The highest BCUT2D eigenvalue weighted by Crippen LogP contribution is 2.29. The van der Waals surface area contributed by atoms with Gasteiger partial charge in [0.1, 0.15) is 5.82 Å². The molecule has 17 heavy (non-hydrogen) atoms. The monoisotopic (exact) mass is 237 g/mol. The number of nitrogens with one attached hydrogen (secondary N) is 1. The second kappa shape index (κ2) is 5.61. The van der Waals surface area contributed by atoms with Gasteiger partial charge in [0, 0.05) is 18.6 Å². The summed E-state index contributed by atoms with van der Waals surface area (Å²) in [5.41, 5.74) is 2.00. The first-order valence-corrected chi connectivity index (χ1v) is 6.23. The minimum atomic E-state index is -0.156. The summed E-state index contributed by atoms with van der Waals surface area (Å²) in [6, 6.07) is 5.43. The first kappa shape index (κ1) is 12.5. The fourth-order valence-electron chi connectivity index (χ4n) is 2.65. The van der Waals surface area contributed by atoms with Gasteiger partial charge in [0.15, 0.2) is 0 Å². The summed E-state index contributed by atoms with van der Waals surface area (Å²) < 4.78 is 18.9. The predicted molar refractivity (Wildman–Crippen MR) is 66.5 cm³/mol. The maximum absolute atomic E-state index is 13.4. The van der Waals surface area contributed by atoms with Gasteiger partial charge in [-0.2, -0.15) is 0 Å². The van der Waals surface area contributed by atoms with Gasteiger partial charge in [-0.15, -0.1) is 0 Å². The van der Waals surface area contributed by atoms with Crippen LogP contribution >= 0.6 is 0 Å². The fourth-order valence-corrected chi connectivity index (χ4v) is 2.65. The molecule has 2 atom stereocenters. The first-order chi connectivity index (χ1) is 8.20. The van der Waals surface area contributed by atoms with E-state index in [4.69, 9.17) is 4.74 Å². The van der Waals surface area contributed by atoms with Crippen molar-refractivity contribution >= 4 is 0 Å². The molecule has 94 valence electrons. The lowest BCUT2D eigenvalue weighted by atomic mass is 9.88. The zero-order chi connectivity index (χ0) is 12.3. The summed E-state index contributed by atoms with van der Waals surface area (Å²) in [6.45, 7) is 3.55. The van der Waals surface area contributed by atoms with Crippen LogP contribution in [0.5, 0.6) is 0 Å². The van der Waals surface area contributed by atoms with E-state index in [1.807, 2.05) is 14.0 Å². The SMILES string of the molecule is CNC(c1cc(C)cc(F)c1)C1CCCOC1. The quantitative estimate of drug-likeness (QED) is 0.872. The molecule has 1 aliphatic rings. The van der Waals surface area contributed by atoms with Gasteiger partial charge in [0.05, 0.1) is 6.61 Å². The molecule has 0 bridgehead atoms. The number of aryl methyl sites for hydroxylation is 1. The Morgan fingerprint density at radius 1 is 1.41 bits per heavy atom. The van der Waals surface area contributed by atoms with Crippen LogP contribution in [0, 0.1) is 18.7 Å². The third kappa shape index (κ3) is 3.05. The number of hydrogen-bond donors (Lipinski definition) is 1. The summed E-state index contributed by atoms with van der Waals surface area (Å²) in [5, 5.41) is 3.30. The number of halogens is 1. The van der Waals surface area contributed by atoms with Gasteiger partial charge in [-0.1, -0.05) is 6.07 Å². The maximum atomic E-state index is 13.4. The van der Waals surface area contributed by atoms with Gasteiger partial charge in [-0.05, 0) is 50.1 Å². The molecule has 0 saturated carbocycles. The molecule has 1 N–H and O–H groups in total. The van der Waals surface area contributed by atoms with E-state index in [0.717, 1.165) is 37.2 Å². The molecular formula is C14H20FNO. The molecule has 1 aromatic carbocycles. The lowest BCUT2D eigenvalue weighted by Gasteiger charge is -2.30. The zero-order valence-corrected chi connectivity index (χ0v) is 10.5. The number of ether oxygens (including phenoxy) is 1. The van der Waals surface area contributed by atoms with E-state index in [1.165, 1.54) is 0 Å². The first-order valence-electron chi connectivity index (χ1n) is 6.23. The number of hydrogen-bond acceptors (Lipinski definition) is 2.